The molecular formula is C12H20N2O2. The van der Waals surface area contributed by atoms with Gasteiger partial charge in [-0.25, -0.2) is 0 Å². The molecule has 0 amide bonds. The maximum Gasteiger partial charge on any atom is 0.310 e. The number of ether oxygens (including phenoxy) is 1. The van der Waals surface area contributed by atoms with Crippen molar-refractivity contribution in [1.29, 1.82) is 0 Å². The molecule has 1 heterocycles. The van der Waals surface area contributed by atoms with Gasteiger partial charge in [0.2, 0.25) is 0 Å². The minimum absolute atomic E-state index is 0.194. The minimum atomic E-state index is -0.194. The highest BCUT2D eigenvalue weighted by Gasteiger charge is 2.17. The van der Waals surface area contributed by atoms with Crippen molar-refractivity contribution in [2.75, 3.05) is 7.11 Å². The van der Waals surface area contributed by atoms with Crippen LogP contribution in [0.3, 0.4) is 0 Å². The third-order valence-corrected chi connectivity index (χ3v) is 2.77. The van der Waals surface area contributed by atoms with Gasteiger partial charge in [0.25, 0.3) is 0 Å². The number of nitrogens with zero attached hydrogens (tertiary/aromatic N) is 2. The average molecular weight is 224 g/mol. The van der Waals surface area contributed by atoms with Gasteiger partial charge in [0, 0.05) is 17.8 Å². The molecule has 0 radical (unpaired) electrons. The molecule has 0 aliphatic carbocycles. The number of methoxy groups -OCH3 is 1. The quantitative estimate of drug-likeness (QED) is 0.716. The van der Waals surface area contributed by atoms with Gasteiger partial charge >= 0.3 is 5.97 Å². The van der Waals surface area contributed by atoms with E-state index in [1.165, 1.54) is 7.11 Å². The maximum absolute atomic E-state index is 11.4. The average Bonchev–Trinajstić information content (AvgIpc) is 2.65. The molecule has 1 aromatic heterocycles. The Morgan fingerprint density at radius 1 is 1.31 bits per heavy atom. The summed E-state index contributed by atoms with van der Waals surface area (Å²) in [7, 11) is 1.42. The van der Waals surface area contributed by atoms with Crippen LogP contribution in [0.15, 0.2) is 0 Å². The fourth-order valence-corrected chi connectivity index (χ4v) is 1.95. The van der Waals surface area contributed by atoms with Gasteiger partial charge in [0.05, 0.1) is 19.2 Å². The van der Waals surface area contributed by atoms with Gasteiger partial charge in [-0.1, -0.05) is 13.8 Å². The molecule has 4 nitrogen and oxygen atoms in total. The second kappa shape index (κ2) is 5.68. The van der Waals surface area contributed by atoms with E-state index in [0.29, 0.717) is 6.42 Å². The topological polar surface area (TPSA) is 44.1 Å². The molecule has 0 atom stereocenters. The number of rotatable bonds is 5. The number of aromatic nitrogens is 2. The summed E-state index contributed by atoms with van der Waals surface area (Å²) in [6.07, 6.45) is 2.09. The van der Waals surface area contributed by atoms with E-state index in [0.717, 1.165) is 36.3 Å². The zero-order valence-corrected chi connectivity index (χ0v) is 10.5. The van der Waals surface area contributed by atoms with Crippen LogP contribution in [0.25, 0.3) is 0 Å². The monoisotopic (exact) mass is 224 g/mol. The Morgan fingerprint density at radius 2 is 2.00 bits per heavy atom. The molecule has 0 N–H and O–H groups in total. The van der Waals surface area contributed by atoms with Crippen LogP contribution in [0, 0.1) is 0 Å². The summed E-state index contributed by atoms with van der Waals surface area (Å²) >= 11 is 0. The van der Waals surface area contributed by atoms with Crippen molar-refractivity contribution < 1.29 is 9.53 Å². The third-order valence-electron chi connectivity index (χ3n) is 2.77. The normalized spacial score (nSPS) is 10.5. The van der Waals surface area contributed by atoms with E-state index in [4.69, 9.17) is 4.74 Å². The fourth-order valence-electron chi connectivity index (χ4n) is 1.95. The zero-order valence-electron chi connectivity index (χ0n) is 10.5. The molecule has 1 aromatic rings. The van der Waals surface area contributed by atoms with Crippen LogP contribution >= 0.6 is 0 Å². The first kappa shape index (κ1) is 12.7. The third kappa shape index (κ3) is 2.43. The Morgan fingerprint density at radius 3 is 2.44 bits per heavy atom. The van der Waals surface area contributed by atoms with E-state index >= 15 is 0 Å². The molecule has 16 heavy (non-hydrogen) atoms. The minimum Gasteiger partial charge on any atom is -0.469 e. The van der Waals surface area contributed by atoms with Gasteiger partial charge in [0.1, 0.15) is 0 Å². The van der Waals surface area contributed by atoms with E-state index in [1.54, 1.807) is 0 Å². The van der Waals surface area contributed by atoms with Crippen LogP contribution in [-0.4, -0.2) is 22.9 Å². The van der Waals surface area contributed by atoms with Crippen molar-refractivity contribution in [2.45, 2.75) is 46.6 Å². The van der Waals surface area contributed by atoms with Crippen molar-refractivity contribution in [3.63, 3.8) is 0 Å². The fraction of sp³-hybridized carbons (Fsp3) is 0.667. The van der Waals surface area contributed by atoms with E-state index in [9.17, 15) is 4.79 Å². The van der Waals surface area contributed by atoms with E-state index in [2.05, 4.69) is 25.9 Å². The highest BCUT2D eigenvalue weighted by atomic mass is 16.5. The molecule has 0 saturated heterocycles. The predicted octanol–water partition coefficient (Wildman–Crippen LogP) is 1.74. The van der Waals surface area contributed by atoms with Crippen LogP contribution in [0.2, 0.25) is 0 Å². The number of esters is 1. The van der Waals surface area contributed by atoms with Crippen molar-refractivity contribution in [1.82, 2.24) is 9.78 Å². The lowest BCUT2D eigenvalue weighted by Gasteiger charge is -2.04. The SMILES string of the molecule is CCc1nn(CC)c(CC)c1CC(=O)OC. The highest BCUT2D eigenvalue weighted by Crippen LogP contribution is 2.17. The smallest absolute Gasteiger partial charge is 0.310 e. The second-order valence-corrected chi connectivity index (χ2v) is 3.65. The molecule has 90 valence electrons. The highest BCUT2D eigenvalue weighted by molar-refractivity contribution is 5.73. The Bertz CT molecular complexity index is 369. The van der Waals surface area contributed by atoms with Gasteiger partial charge in [0.15, 0.2) is 0 Å². The molecule has 0 aliphatic heterocycles. The maximum atomic E-state index is 11.4. The molecule has 1 rings (SSSR count). The van der Waals surface area contributed by atoms with E-state index in [1.807, 2.05) is 4.68 Å². The van der Waals surface area contributed by atoms with E-state index < -0.39 is 0 Å². The summed E-state index contributed by atoms with van der Waals surface area (Å²) in [6.45, 7) is 7.05. The molecule has 0 spiro atoms. The van der Waals surface area contributed by atoms with Gasteiger partial charge < -0.3 is 4.74 Å². The van der Waals surface area contributed by atoms with Crippen LogP contribution in [0.1, 0.15) is 37.7 Å². The molecule has 0 aliphatic rings. The lowest BCUT2D eigenvalue weighted by Crippen LogP contribution is -2.08. The van der Waals surface area contributed by atoms with E-state index in [-0.39, 0.29) is 5.97 Å². The molecule has 0 unspecified atom stereocenters. The molecule has 0 bridgehead atoms. The van der Waals surface area contributed by atoms with Crippen LogP contribution < -0.4 is 0 Å². The summed E-state index contributed by atoms with van der Waals surface area (Å²) in [5.41, 5.74) is 3.23. The van der Waals surface area contributed by atoms with Crippen molar-refractivity contribution in [3.8, 4) is 0 Å². The van der Waals surface area contributed by atoms with Crippen molar-refractivity contribution in [3.05, 3.63) is 17.0 Å². The van der Waals surface area contributed by atoms with Crippen LogP contribution in [0.4, 0.5) is 0 Å². The molecular weight excluding hydrogens is 204 g/mol. The number of carbonyl (C=O) groups is 1. The number of hydrogen-bond acceptors (Lipinski definition) is 3. The Labute approximate surface area is 96.6 Å². The molecule has 0 aromatic carbocycles. The largest absolute Gasteiger partial charge is 0.469 e. The lowest BCUT2D eigenvalue weighted by molar-refractivity contribution is -0.139. The van der Waals surface area contributed by atoms with Crippen LogP contribution in [0.5, 0.6) is 0 Å². The molecule has 4 heteroatoms. The summed E-state index contributed by atoms with van der Waals surface area (Å²) in [5, 5.41) is 4.51. The number of hydrogen-bond donors (Lipinski definition) is 0. The second-order valence-electron chi connectivity index (χ2n) is 3.65. The number of carbonyl (C=O) groups excluding carboxylic acids is 1. The summed E-state index contributed by atoms with van der Waals surface area (Å²) < 4.78 is 6.70. The molecule has 0 fully saturated rings. The van der Waals surface area contributed by atoms with Gasteiger partial charge in [-0.2, -0.15) is 5.10 Å². The first-order chi connectivity index (χ1) is 7.67. The summed E-state index contributed by atoms with van der Waals surface area (Å²) in [6, 6.07) is 0. The lowest BCUT2D eigenvalue weighted by atomic mass is 10.1. The Kier molecular flexibility index (Phi) is 4.52. The number of aryl methyl sites for hydroxylation is 2. The first-order valence-corrected chi connectivity index (χ1v) is 5.82. The van der Waals surface area contributed by atoms with Crippen molar-refractivity contribution in [2.24, 2.45) is 0 Å². The van der Waals surface area contributed by atoms with Gasteiger partial charge in [-0.3, -0.25) is 9.48 Å². The summed E-state index contributed by atoms with van der Waals surface area (Å²) in [4.78, 5) is 11.4. The summed E-state index contributed by atoms with van der Waals surface area (Å²) in [5.74, 6) is -0.194. The predicted molar refractivity (Wildman–Crippen MR) is 62.4 cm³/mol. The van der Waals surface area contributed by atoms with Crippen LogP contribution in [-0.2, 0) is 35.3 Å². The first-order valence-electron chi connectivity index (χ1n) is 5.82. The Balaban J connectivity index is 3.11. The molecule has 0 saturated carbocycles. The zero-order chi connectivity index (χ0) is 12.1. The van der Waals surface area contributed by atoms with Gasteiger partial charge in [-0.15, -0.1) is 0 Å². The van der Waals surface area contributed by atoms with Gasteiger partial charge in [-0.05, 0) is 19.8 Å². The van der Waals surface area contributed by atoms with Crippen molar-refractivity contribution >= 4 is 5.97 Å². The standard InChI is InChI=1S/C12H20N2O2/c1-5-10-9(8-12(15)16-4)11(6-2)14(7-3)13-10/h5-8H2,1-4H3. The Hall–Kier alpha value is -1.32.